The van der Waals surface area contributed by atoms with E-state index in [9.17, 15) is 19.2 Å². The number of para-hydroxylation sites is 1. The first-order chi connectivity index (χ1) is 16.5. The van der Waals surface area contributed by atoms with E-state index >= 15 is 0 Å². The Bertz CT molecular complexity index is 1160. The number of hydrogen-bond acceptors (Lipinski definition) is 5. The molecule has 0 bridgehead atoms. The zero-order valence-electron chi connectivity index (χ0n) is 18.9. The largest absolute Gasteiger partial charge is 0.348 e. The predicted molar refractivity (Wildman–Crippen MR) is 125 cm³/mol. The van der Waals surface area contributed by atoms with Gasteiger partial charge in [0.25, 0.3) is 5.91 Å². The van der Waals surface area contributed by atoms with Crippen molar-refractivity contribution >= 4 is 28.4 Å². The van der Waals surface area contributed by atoms with Crippen LogP contribution in [0, 0.1) is 34.9 Å². The van der Waals surface area contributed by atoms with Crippen LogP contribution in [-0.2, 0) is 4.79 Å². The van der Waals surface area contributed by atoms with Crippen LogP contribution in [0.3, 0.4) is 0 Å². The number of H-pyrrole nitrogens is 1. The Labute approximate surface area is 197 Å². The smallest absolute Gasteiger partial charge is 0.268 e. The topological polar surface area (TPSA) is 122 Å². The Hall–Kier alpha value is -3.41. The minimum absolute atomic E-state index is 0.0595. The summed E-state index contributed by atoms with van der Waals surface area (Å²) in [6.07, 6.45) is 6.65. The van der Waals surface area contributed by atoms with Gasteiger partial charge in [-0.15, -0.1) is 0 Å². The number of amides is 2. The molecule has 9 heteroatoms. The van der Waals surface area contributed by atoms with Crippen molar-refractivity contribution in [3.8, 4) is 6.07 Å². The molecular weight excluding hydrogens is 435 g/mol. The van der Waals surface area contributed by atoms with E-state index in [0.29, 0.717) is 24.3 Å². The molecule has 0 spiro atoms. The lowest BCUT2D eigenvalue weighted by Gasteiger charge is -2.37. The van der Waals surface area contributed by atoms with Gasteiger partial charge < -0.3 is 21.0 Å². The number of aromatic amines is 1. The summed E-state index contributed by atoms with van der Waals surface area (Å²) >= 11 is 0. The van der Waals surface area contributed by atoms with Crippen LogP contribution < -0.4 is 16.1 Å². The standard InChI is InChI=1S/C25H29FN6O2/c26-18-6-3-4-15-11-21(29-23(15)18)25(34)30-20(10-14-8-9-14)24(33)31-22(12-27)17-13-28-32-19-7-2-1-5-16(17)19/h3-4,6,11,14,16-17,20,22,28-29H,1-2,5,7-10,13H2,(H,30,34)(H,31,33). The van der Waals surface area contributed by atoms with Crippen molar-refractivity contribution in [1.82, 2.24) is 21.0 Å². The Morgan fingerprint density at radius 3 is 2.85 bits per heavy atom. The van der Waals surface area contributed by atoms with E-state index in [0.717, 1.165) is 44.2 Å². The molecule has 2 fully saturated rings. The van der Waals surface area contributed by atoms with Crippen molar-refractivity contribution < 1.29 is 14.0 Å². The number of aromatic nitrogens is 1. The van der Waals surface area contributed by atoms with Crippen LogP contribution in [0.1, 0.15) is 55.4 Å². The van der Waals surface area contributed by atoms with E-state index in [1.807, 2.05) is 0 Å². The average Bonchev–Trinajstić information content (AvgIpc) is 3.56. The Morgan fingerprint density at radius 1 is 1.24 bits per heavy atom. The SMILES string of the molecule is N#CC(NC(=O)C(CC1CC1)NC(=O)c1cc2cccc(F)c2[nH]1)C1CNN=C2CCCCC21. The van der Waals surface area contributed by atoms with Gasteiger partial charge in [-0.1, -0.05) is 31.4 Å². The second-order valence-electron chi connectivity index (χ2n) is 9.69. The van der Waals surface area contributed by atoms with Gasteiger partial charge in [-0.3, -0.25) is 9.59 Å². The summed E-state index contributed by atoms with van der Waals surface area (Å²) in [5, 5.41) is 20.7. The molecule has 4 N–H and O–H groups in total. The first-order valence-electron chi connectivity index (χ1n) is 12.1. The molecule has 34 heavy (non-hydrogen) atoms. The third-order valence-corrected chi connectivity index (χ3v) is 7.30. The second-order valence-corrected chi connectivity index (χ2v) is 9.69. The van der Waals surface area contributed by atoms with E-state index < -0.39 is 23.8 Å². The third kappa shape index (κ3) is 4.63. The molecule has 8 nitrogen and oxygen atoms in total. The fourth-order valence-electron chi connectivity index (χ4n) is 5.25. The van der Waals surface area contributed by atoms with Crippen LogP contribution in [0.15, 0.2) is 29.4 Å². The number of halogens is 1. The zero-order chi connectivity index (χ0) is 23.7. The van der Waals surface area contributed by atoms with Crippen LogP contribution in [0.2, 0.25) is 0 Å². The van der Waals surface area contributed by atoms with Gasteiger partial charge in [0, 0.05) is 29.5 Å². The molecule has 5 rings (SSSR count). The lowest BCUT2D eigenvalue weighted by Crippen LogP contribution is -2.55. The third-order valence-electron chi connectivity index (χ3n) is 7.30. The predicted octanol–water partition coefficient (Wildman–Crippen LogP) is 2.98. The van der Waals surface area contributed by atoms with Gasteiger partial charge in [0.1, 0.15) is 23.6 Å². The van der Waals surface area contributed by atoms with Gasteiger partial charge in [0.2, 0.25) is 5.91 Å². The maximum absolute atomic E-state index is 14.0. The highest BCUT2D eigenvalue weighted by molar-refractivity contribution is 6.00. The lowest BCUT2D eigenvalue weighted by atomic mass is 9.74. The Morgan fingerprint density at radius 2 is 2.09 bits per heavy atom. The minimum atomic E-state index is -0.761. The van der Waals surface area contributed by atoms with Gasteiger partial charge in [-0.05, 0) is 43.7 Å². The zero-order valence-corrected chi connectivity index (χ0v) is 18.9. The molecule has 1 aromatic heterocycles. The van der Waals surface area contributed by atoms with E-state index in [4.69, 9.17) is 0 Å². The fourth-order valence-corrected chi connectivity index (χ4v) is 5.25. The highest BCUT2D eigenvalue weighted by Gasteiger charge is 2.39. The molecular formula is C25H29FN6O2. The maximum Gasteiger partial charge on any atom is 0.268 e. The summed E-state index contributed by atoms with van der Waals surface area (Å²) in [6, 6.07) is 7.06. The van der Waals surface area contributed by atoms with Crippen molar-refractivity contribution in [3.05, 3.63) is 35.8 Å². The van der Waals surface area contributed by atoms with Gasteiger partial charge in [-0.25, -0.2) is 4.39 Å². The quantitative estimate of drug-likeness (QED) is 0.503. The van der Waals surface area contributed by atoms with Crippen molar-refractivity contribution in [2.75, 3.05) is 6.54 Å². The molecule has 1 aliphatic heterocycles. The van der Waals surface area contributed by atoms with Crippen molar-refractivity contribution in [1.29, 1.82) is 5.26 Å². The van der Waals surface area contributed by atoms with Gasteiger partial charge >= 0.3 is 0 Å². The van der Waals surface area contributed by atoms with Crippen LogP contribution in [-0.4, -0.2) is 41.1 Å². The van der Waals surface area contributed by atoms with Crippen LogP contribution in [0.4, 0.5) is 4.39 Å². The van der Waals surface area contributed by atoms with E-state index in [1.165, 1.54) is 6.07 Å². The summed E-state index contributed by atoms with van der Waals surface area (Å²) in [7, 11) is 0. The van der Waals surface area contributed by atoms with E-state index in [-0.39, 0.29) is 29.0 Å². The number of benzene rings is 1. The van der Waals surface area contributed by atoms with Gasteiger partial charge in [0.15, 0.2) is 0 Å². The first kappa shape index (κ1) is 22.4. The van der Waals surface area contributed by atoms with E-state index in [2.05, 4.69) is 32.2 Å². The minimum Gasteiger partial charge on any atom is -0.348 e. The van der Waals surface area contributed by atoms with Crippen LogP contribution >= 0.6 is 0 Å². The monoisotopic (exact) mass is 464 g/mol. The molecule has 3 aliphatic rings. The van der Waals surface area contributed by atoms with Crippen molar-refractivity contribution in [3.63, 3.8) is 0 Å². The molecule has 1 aromatic carbocycles. The highest BCUT2D eigenvalue weighted by atomic mass is 19.1. The molecule has 2 saturated carbocycles. The number of hydrogen-bond donors (Lipinski definition) is 4. The Kier molecular flexibility index (Phi) is 6.22. The molecule has 2 amide bonds. The summed E-state index contributed by atoms with van der Waals surface area (Å²) in [5.41, 5.74) is 4.59. The molecule has 2 heterocycles. The van der Waals surface area contributed by atoms with Crippen LogP contribution in [0.5, 0.6) is 0 Å². The number of hydrazone groups is 1. The molecule has 2 aliphatic carbocycles. The molecule has 4 atom stereocenters. The summed E-state index contributed by atoms with van der Waals surface area (Å²) < 4.78 is 14.0. The molecule has 0 saturated heterocycles. The summed E-state index contributed by atoms with van der Waals surface area (Å²) in [4.78, 5) is 29.0. The number of rotatable bonds is 7. The lowest BCUT2D eigenvalue weighted by molar-refractivity contribution is -0.124. The number of fused-ring (bicyclic) bond motifs is 2. The first-order valence-corrected chi connectivity index (χ1v) is 12.1. The number of carbonyl (C=O) groups excluding carboxylic acids is 2. The second kappa shape index (κ2) is 9.45. The molecule has 4 unspecified atom stereocenters. The number of nitrogens with zero attached hydrogens (tertiary/aromatic N) is 2. The van der Waals surface area contributed by atoms with Gasteiger partial charge in [-0.2, -0.15) is 10.4 Å². The summed E-state index contributed by atoms with van der Waals surface area (Å²) in [6.45, 7) is 0.535. The highest BCUT2D eigenvalue weighted by Crippen LogP contribution is 2.34. The Balaban J connectivity index is 1.29. The molecule has 178 valence electrons. The van der Waals surface area contributed by atoms with Crippen molar-refractivity contribution in [2.24, 2.45) is 22.9 Å². The normalized spacial score (nSPS) is 23.6. The number of nitrogens with one attached hydrogen (secondary N) is 4. The summed E-state index contributed by atoms with van der Waals surface area (Å²) in [5.74, 6) is -0.745. The average molecular weight is 465 g/mol. The fraction of sp³-hybridized carbons (Fsp3) is 0.520. The van der Waals surface area contributed by atoms with Crippen LogP contribution in [0.25, 0.3) is 10.9 Å². The van der Waals surface area contributed by atoms with E-state index in [1.54, 1.807) is 18.2 Å². The van der Waals surface area contributed by atoms with Gasteiger partial charge in [0.05, 0.1) is 11.6 Å². The maximum atomic E-state index is 14.0. The molecule has 2 aromatic rings. The van der Waals surface area contributed by atoms with Crippen molar-refractivity contribution in [2.45, 2.75) is 57.0 Å². The number of nitriles is 1. The molecule has 0 radical (unpaired) electrons. The number of carbonyl (C=O) groups is 2.